The van der Waals surface area contributed by atoms with Crippen molar-refractivity contribution in [2.24, 2.45) is 0 Å². The Morgan fingerprint density at radius 1 is 0.815 bits per heavy atom. The van der Waals surface area contributed by atoms with Crippen LogP contribution in [0.2, 0.25) is 0 Å². The maximum Gasteiger partial charge on any atom is 0.255 e. The first-order valence-electron chi connectivity index (χ1n) is 19.1. The molecule has 0 bridgehead atoms. The van der Waals surface area contributed by atoms with E-state index in [9.17, 15) is 24.0 Å². The van der Waals surface area contributed by atoms with Crippen LogP contribution in [0.3, 0.4) is 0 Å². The Balaban J connectivity index is 1.37. The molecule has 54 heavy (non-hydrogen) atoms. The highest BCUT2D eigenvalue weighted by molar-refractivity contribution is 5.99. The highest BCUT2D eigenvalue weighted by Gasteiger charge is 2.29. The molecule has 0 saturated carbocycles. The molecule has 0 spiro atoms. The average molecular weight is 739 g/mol. The highest BCUT2D eigenvalue weighted by atomic mass is 16.5. The lowest BCUT2D eigenvalue weighted by atomic mass is 10.0. The van der Waals surface area contributed by atoms with Gasteiger partial charge in [0.25, 0.3) is 5.91 Å². The number of nitrogens with one attached hydrogen (secondary N) is 3. The number of carbonyl (C=O) groups is 5. The number of anilines is 1. The van der Waals surface area contributed by atoms with Gasteiger partial charge in [-0.3, -0.25) is 24.0 Å². The van der Waals surface area contributed by atoms with E-state index in [0.717, 1.165) is 42.7 Å². The molecule has 3 N–H and O–H groups in total. The van der Waals surface area contributed by atoms with E-state index in [1.165, 1.54) is 11.3 Å². The Kier molecular flexibility index (Phi) is 14.5. The topological polar surface area (TPSA) is 140 Å². The minimum atomic E-state index is -1.01. The van der Waals surface area contributed by atoms with Crippen molar-refractivity contribution in [3.8, 4) is 5.75 Å². The third-order valence-corrected chi connectivity index (χ3v) is 10.2. The molecule has 5 rings (SSSR count). The molecule has 1 fully saturated rings. The molecule has 5 amide bonds. The van der Waals surface area contributed by atoms with Crippen LogP contribution in [0, 0.1) is 0 Å². The number of piperidine rings is 1. The first-order chi connectivity index (χ1) is 26.1. The molecule has 1 saturated heterocycles. The molecule has 0 unspecified atom stereocenters. The molecule has 288 valence electrons. The van der Waals surface area contributed by atoms with Crippen molar-refractivity contribution in [1.29, 1.82) is 0 Å². The van der Waals surface area contributed by atoms with Gasteiger partial charge in [0.15, 0.2) is 0 Å². The van der Waals surface area contributed by atoms with Gasteiger partial charge in [-0.25, -0.2) is 0 Å². The standard InChI is InChI=1S/C42H54N6O6/c1-30-42(53)47(3)34(26-31-14-6-4-7-15-31)29-54-37-19-9-8-18-35(37)40(51)45-36(21-22-39(50)46(2)23-13-20-38(49)44-30)41(52)43-28-32-16-12-17-33(27-32)48-24-10-5-11-25-48/h4,6-9,12,14-19,27,30,34,36H,5,10-11,13,20-26,28-29H2,1-3H3,(H,43,52)(H,44,49)(H,45,51)/t30-,34-,36-/m0/s1. The van der Waals surface area contributed by atoms with E-state index in [4.69, 9.17) is 4.74 Å². The summed E-state index contributed by atoms with van der Waals surface area (Å²) in [6, 6.07) is 22.4. The van der Waals surface area contributed by atoms with Gasteiger partial charge in [0.1, 0.15) is 24.4 Å². The van der Waals surface area contributed by atoms with Crippen molar-refractivity contribution < 1.29 is 28.7 Å². The van der Waals surface area contributed by atoms with Gasteiger partial charge in [-0.15, -0.1) is 0 Å². The van der Waals surface area contributed by atoms with Crippen LogP contribution in [0.25, 0.3) is 0 Å². The van der Waals surface area contributed by atoms with Gasteiger partial charge in [0.05, 0.1) is 11.6 Å². The van der Waals surface area contributed by atoms with Gasteiger partial charge in [-0.05, 0) is 80.8 Å². The number of carbonyl (C=O) groups excluding carboxylic acids is 5. The van der Waals surface area contributed by atoms with Gasteiger partial charge < -0.3 is 35.4 Å². The van der Waals surface area contributed by atoms with Crippen LogP contribution in [0.4, 0.5) is 5.69 Å². The molecule has 0 aromatic heterocycles. The summed E-state index contributed by atoms with van der Waals surface area (Å²) in [6.45, 7) is 4.30. The summed E-state index contributed by atoms with van der Waals surface area (Å²) >= 11 is 0. The zero-order chi connectivity index (χ0) is 38.5. The fraction of sp³-hybridized carbons (Fsp3) is 0.452. The average Bonchev–Trinajstić information content (AvgIpc) is 3.19. The van der Waals surface area contributed by atoms with Crippen LogP contribution >= 0.6 is 0 Å². The Hall–Kier alpha value is -5.39. The van der Waals surface area contributed by atoms with Gasteiger partial charge in [0, 0.05) is 58.8 Å². The smallest absolute Gasteiger partial charge is 0.255 e. The summed E-state index contributed by atoms with van der Waals surface area (Å²) in [7, 11) is 3.33. The van der Waals surface area contributed by atoms with E-state index < -0.39 is 29.9 Å². The Labute approximate surface area is 318 Å². The molecule has 2 heterocycles. The first-order valence-corrected chi connectivity index (χ1v) is 19.1. The van der Waals surface area contributed by atoms with Crippen LogP contribution in [-0.2, 0) is 32.1 Å². The minimum Gasteiger partial charge on any atom is -0.491 e. The Morgan fingerprint density at radius 2 is 1.54 bits per heavy atom. The molecule has 0 radical (unpaired) electrons. The van der Waals surface area contributed by atoms with Crippen LogP contribution in [-0.4, -0.2) is 97.8 Å². The van der Waals surface area contributed by atoms with Gasteiger partial charge in [0.2, 0.25) is 23.6 Å². The van der Waals surface area contributed by atoms with Gasteiger partial charge in [-0.1, -0.05) is 54.6 Å². The van der Waals surface area contributed by atoms with Gasteiger partial charge in [-0.2, -0.15) is 0 Å². The van der Waals surface area contributed by atoms with E-state index >= 15 is 0 Å². The maximum atomic E-state index is 13.9. The summed E-state index contributed by atoms with van der Waals surface area (Å²) in [6.07, 6.45) is 4.62. The largest absolute Gasteiger partial charge is 0.491 e. The van der Waals surface area contributed by atoms with Crippen molar-refractivity contribution in [3.63, 3.8) is 0 Å². The molecule has 3 atom stereocenters. The number of fused-ring (bicyclic) bond motifs is 1. The van der Waals surface area contributed by atoms with E-state index in [1.54, 1.807) is 50.2 Å². The summed E-state index contributed by atoms with van der Waals surface area (Å²) in [4.78, 5) is 72.8. The number of hydrogen-bond donors (Lipinski definition) is 3. The third kappa shape index (κ3) is 11.3. The normalized spacial score (nSPS) is 21.3. The maximum absolute atomic E-state index is 13.9. The number of nitrogens with zero attached hydrogens (tertiary/aromatic N) is 3. The second kappa shape index (κ2) is 19.6. The molecule has 3 aromatic carbocycles. The minimum absolute atomic E-state index is 0.00267. The lowest BCUT2D eigenvalue weighted by Crippen LogP contribution is -2.51. The molecular formula is C42H54N6O6. The van der Waals surface area contributed by atoms with Crippen molar-refractivity contribution in [3.05, 3.63) is 95.6 Å². The van der Waals surface area contributed by atoms with E-state index in [1.807, 2.05) is 42.5 Å². The van der Waals surface area contributed by atoms with Crippen LogP contribution < -0.4 is 25.6 Å². The highest BCUT2D eigenvalue weighted by Crippen LogP contribution is 2.22. The molecule has 0 aliphatic carbocycles. The van der Waals surface area contributed by atoms with Crippen LogP contribution in [0.15, 0.2) is 78.9 Å². The summed E-state index contributed by atoms with van der Waals surface area (Å²) in [5.41, 5.74) is 3.27. The molecule has 12 nitrogen and oxygen atoms in total. The molecule has 12 heteroatoms. The van der Waals surface area contributed by atoms with Crippen LogP contribution in [0.5, 0.6) is 5.75 Å². The van der Waals surface area contributed by atoms with Crippen molar-refractivity contribution >= 4 is 35.2 Å². The van der Waals surface area contributed by atoms with E-state index in [0.29, 0.717) is 19.4 Å². The third-order valence-electron chi connectivity index (χ3n) is 10.2. The summed E-state index contributed by atoms with van der Waals surface area (Å²) in [5, 5.41) is 8.67. The Bertz CT molecular complexity index is 1750. The second-order valence-corrected chi connectivity index (χ2v) is 14.3. The number of para-hydroxylation sites is 1. The molecule has 2 aliphatic heterocycles. The summed E-state index contributed by atoms with van der Waals surface area (Å²) in [5.74, 6) is -1.43. The number of likely N-dealkylation sites (N-methyl/N-ethyl adjacent to an activating group) is 1. The zero-order valence-electron chi connectivity index (χ0n) is 31.7. The first kappa shape index (κ1) is 39.8. The fourth-order valence-corrected chi connectivity index (χ4v) is 6.91. The monoisotopic (exact) mass is 738 g/mol. The zero-order valence-corrected chi connectivity index (χ0v) is 31.7. The fourth-order valence-electron chi connectivity index (χ4n) is 6.91. The molecule has 2 aliphatic rings. The lowest BCUT2D eigenvalue weighted by molar-refractivity contribution is -0.137. The van der Waals surface area contributed by atoms with Crippen molar-refractivity contribution in [2.45, 2.75) is 83.0 Å². The van der Waals surface area contributed by atoms with E-state index in [2.05, 4.69) is 33.0 Å². The van der Waals surface area contributed by atoms with Crippen molar-refractivity contribution in [2.75, 3.05) is 45.2 Å². The SMILES string of the molecule is C[C@@H]1NC(=O)CCCN(C)C(=O)CC[C@@H](C(=O)NCc2cccc(N3CCCCC3)c2)NC(=O)c2ccccc2OC[C@H](Cc2ccccc2)N(C)C1=O. The Morgan fingerprint density at radius 3 is 2.31 bits per heavy atom. The number of benzene rings is 3. The molecular weight excluding hydrogens is 684 g/mol. The van der Waals surface area contributed by atoms with Crippen molar-refractivity contribution in [1.82, 2.24) is 25.8 Å². The number of amides is 5. The molecule has 3 aromatic rings. The second-order valence-electron chi connectivity index (χ2n) is 14.3. The quantitative estimate of drug-likeness (QED) is 0.347. The van der Waals surface area contributed by atoms with Gasteiger partial charge >= 0.3 is 0 Å². The van der Waals surface area contributed by atoms with E-state index in [-0.39, 0.29) is 61.4 Å². The predicted octanol–water partition coefficient (Wildman–Crippen LogP) is 4.08. The predicted molar refractivity (Wildman–Crippen MR) is 208 cm³/mol. The van der Waals surface area contributed by atoms with Crippen LogP contribution in [0.1, 0.15) is 73.4 Å². The number of hydrogen-bond acceptors (Lipinski definition) is 7. The lowest BCUT2D eigenvalue weighted by Gasteiger charge is -2.31. The summed E-state index contributed by atoms with van der Waals surface area (Å²) < 4.78 is 6.29. The number of ether oxygens (including phenoxy) is 1. The number of rotatable bonds is 6.